The standard InChI is InChI=1S/C14H22ClN3O/c1-4-18(5-2)9-10(3)17-14(19)11-6-7-12(15)13(16)8-11/h6-8,10H,4-5,9,16H2,1-3H3,(H,17,19). The number of carbonyl (C=O) groups excluding carboxylic acids is 1. The zero-order valence-electron chi connectivity index (χ0n) is 11.7. The minimum Gasteiger partial charge on any atom is -0.398 e. The lowest BCUT2D eigenvalue weighted by Crippen LogP contribution is -2.41. The van der Waals surface area contributed by atoms with Crippen LogP contribution in [0.15, 0.2) is 18.2 Å². The Morgan fingerprint density at radius 1 is 1.42 bits per heavy atom. The molecule has 1 atom stereocenters. The molecule has 0 aliphatic rings. The number of hydrogen-bond donors (Lipinski definition) is 2. The second-order valence-corrected chi connectivity index (χ2v) is 5.00. The second kappa shape index (κ2) is 7.36. The number of nitrogen functional groups attached to an aromatic ring is 1. The molecule has 1 unspecified atom stereocenters. The van der Waals surface area contributed by atoms with Crippen molar-refractivity contribution in [3.8, 4) is 0 Å². The van der Waals surface area contributed by atoms with Gasteiger partial charge in [0.15, 0.2) is 0 Å². The predicted octanol–water partition coefficient (Wildman–Crippen LogP) is 2.38. The summed E-state index contributed by atoms with van der Waals surface area (Å²) in [5.41, 5.74) is 6.65. The molecule has 3 N–H and O–H groups in total. The van der Waals surface area contributed by atoms with E-state index in [4.69, 9.17) is 17.3 Å². The third-order valence-electron chi connectivity index (χ3n) is 3.06. The average molecular weight is 284 g/mol. The van der Waals surface area contributed by atoms with Crippen molar-refractivity contribution in [3.05, 3.63) is 28.8 Å². The lowest BCUT2D eigenvalue weighted by atomic mass is 10.1. The maximum atomic E-state index is 12.0. The van der Waals surface area contributed by atoms with E-state index in [1.54, 1.807) is 18.2 Å². The summed E-state index contributed by atoms with van der Waals surface area (Å²) in [6.45, 7) is 9.00. The average Bonchev–Trinajstić information content (AvgIpc) is 2.38. The van der Waals surface area contributed by atoms with Crippen LogP contribution in [0.4, 0.5) is 5.69 Å². The van der Waals surface area contributed by atoms with Crippen molar-refractivity contribution in [2.45, 2.75) is 26.8 Å². The highest BCUT2D eigenvalue weighted by Gasteiger charge is 2.12. The van der Waals surface area contributed by atoms with Crippen LogP contribution in [0.3, 0.4) is 0 Å². The van der Waals surface area contributed by atoms with E-state index >= 15 is 0 Å². The van der Waals surface area contributed by atoms with Gasteiger partial charge in [0.2, 0.25) is 0 Å². The number of halogens is 1. The van der Waals surface area contributed by atoms with Crippen LogP contribution in [0.25, 0.3) is 0 Å². The van der Waals surface area contributed by atoms with Gasteiger partial charge in [-0.05, 0) is 38.2 Å². The molecule has 0 spiro atoms. The molecule has 0 radical (unpaired) electrons. The van der Waals surface area contributed by atoms with Gasteiger partial charge >= 0.3 is 0 Å². The van der Waals surface area contributed by atoms with Crippen LogP contribution >= 0.6 is 11.6 Å². The maximum Gasteiger partial charge on any atom is 0.251 e. The minimum absolute atomic E-state index is 0.0873. The summed E-state index contributed by atoms with van der Waals surface area (Å²) in [5.74, 6) is -0.122. The number of rotatable bonds is 6. The van der Waals surface area contributed by atoms with Crippen LogP contribution in [0, 0.1) is 0 Å². The van der Waals surface area contributed by atoms with Gasteiger partial charge in [0.05, 0.1) is 10.7 Å². The number of nitrogens with zero attached hydrogens (tertiary/aromatic N) is 1. The molecule has 0 heterocycles. The van der Waals surface area contributed by atoms with Crippen LogP contribution in [0.5, 0.6) is 0 Å². The number of amides is 1. The van der Waals surface area contributed by atoms with Crippen LogP contribution < -0.4 is 11.1 Å². The van der Waals surface area contributed by atoms with E-state index in [1.807, 2.05) is 6.92 Å². The Morgan fingerprint density at radius 3 is 2.58 bits per heavy atom. The number of hydrogen-bond acceptors (Lipinski definition) is 3. The zero-order chi connectivity index (χ0) is 14.4. The maximum absolute atomic E-state index is 12.0. The number of anilines is 1. The molecule has 0 fully saturated rings. The van der Waals surface area contributed by atoms with Crippen molar-refractivity contribution >= 4 is 23.2 Å². The summed E-state index contributed by atoms with van der Waals surface area (Å²) in [6.07, 6.45) is 0. The largest absolute Gasteiger partial charge is 0.398 e. The van der Waals surface area contributed by atoms with Crippen LogP contribution in [0.2, 0.25) is 5.02 Å². The molecule has 4 nitrogen and oxygen atoms in total. The lowest BCUT2D eigenvalue weighted by molar-refractivity contribution is 0.0930. The molecule has 0 aliphatic heterocycles. The van der Waals surface area contributed by atoms with E-state index < -0.39 is 0 Å². The molecule has 19 heavy (non-hydrogen) atoms. The van der Waals surface area contributed by atoms with Crippen LogP contribution in [0.1, 0.15) is 31.1 Å². The van der Waals surface area contributed by atoms with E-state index in [1.165, 1.54) is 0 Å². The first-order valence-electron chi connectivity index (χ1n) is 6.56. The Bertz CT molecular complexity index is 433. The Balaban J connectivity index is 2.61. The van der Waals surface area contributed by atoms with Crippen molar-refractivity contribution in [2.24, 2.45) is 0 Å². The highest BCUT2D eigenvalue weighted by Crippen LogP contribution is 2.19. The van der Waals surface area contributed by atoms with Gasteiger partial charge in [0.25, 0.3) is 5.91 Å². The summed E-state index contributed by atoms with van der Waals surface area (Å²) in [5, 5.41) is 3.43. The molecule has 0 aliphatic carbocycles. The minimum atomic E-state index is -0.122. The van der Waals surface area contributed by atoms with Crippen molar-refractivity contribution in [1.29, 1.82) is 0 Å². The van der Waals surface area contributed by atoms with Crippen molar-refractivity contribution < 1.29 is 4.79 Å². The first-order chi connectivity index (χ1) is 8.97. The fraction of sp³-hybridized carbons (Fsp3) is 0.500. The quantitative estimate of drug-likeness (QED) is 0.788. The smallest absolute Gasteiger partial charge is 0.251 e. The predicted molar refractivity (Wildman–Crippen MR) is 80.6 cm³/mol. The fourth-order valence-corrected chi connectivity index (χ4v) is 2.02. The normalized spacial score (nSPS) is 12.5. The van der Waals surface area contributed by atoms with Crippen molar-refractivity contribution in [3.63, 3.8) is 0 Å². The third-order valence-corrected chi connectivity index (χ3v) is 3.41. The molecular formula is C14H22ClN3O. The third kappa shape index (κ3) is 4.73. The number of nitrogens with one attached hydrogen (secondary N) is 1. The summed E-state index contributed by atoms with van der Waals surface area (Å²) >= 11 is 5.83. The number of carbonyl (C=O) groups is 1. The molecule has 106 valence electrons. The number of nitrogens with two attached hydrogens (primary N) is 1. The lowest BCUT2D eigenvalue weighted by Gasteiger charge is -2.23. The molecule has 0 aromatic heterocycles. The Hall–Kier alpha value is -1.26. The first-order valence-corrected chi connectivity index (χ1v) is 6.93. The fourth-order valence-electron chi connectivity index (χ4n) is 1.91. The zero-order valence-corrected chi connectivity index (χ0v) is 12.5. The van der Waals surface area contributed by atoms with Gasteiger partial charge < -0.3 is 16.0 Å². The molecule has 1 rings (SSSR count). The summed E-state index contributed by atoms with van der Waals surface area (Å²) in [7, 11) is 0. The SMILES string of the molecule is CCN(CC)CC(C)NC(=O)c1ccc(Cl)c(N)c1. The van der Waals surface area contributed by atoms with Gasteiger partial charge in [0, 0.05) is 18.2 Å². The molecule has 5 heteroatoms. The Labute approximate surface area is 119 Å². The summed E-state index contributed by atoms with van der Waals surface area (Å²) < 4.78 is 0. The molecule has 1 amide bonds. The molecule has 0 bridgehead atoms. The van der Waals surface area contributed by atoms with E-state index in [9.17, 15) is 4.79 Å². The van der Waals surface area contributed by atoms with Crippen molar-refractivity contribution in [2.75, 3.05) is 25.4 Å². The van der Waals surface area contributed by atoms with E-state index in [2.05, 4.69) is 24.1 Å². The highest BCUT2D eigenvalue weighted by atomic mass is 35.5. The van der Waals surface area contributed by atoms with E-state index in [0.29, 0.717) is 16.3 Å². The van der Waals surface area contributed by atoms with Gasteiger partial charge in [-0.3, -0.25) is 4.79 Å². The van der Waals surface area contributed by atoms with Crippen molar-refractivity contribution in [1.82, 2.24) is 10.2 Å². The topological polar surface area (TPSA) is 58.4 Å². The number of likely N-dealkylation sites (N-methyl/N-ethyl adjacent to an activating group) is 1. The van der Waals surface area contributed by atoms with Gasteiger partial charge in [-0.2, -0.15) is 0 Å². The van der Waals surface area contributed by atoms with E-state index in [0.717, 1.165) is 19.6 Å². The monoisotopic (exact) mass is 283 g/mol. The molecule has 0 saturated carbocycles. The Kier molecular flexibility index (Phi) is 6.12. The van der Waals surface area contributed by atoms with Crippen LogP contribution in [-0.4, -0.2) is 36.5 Å². The summed E-state index contributed by atoms with van der Waals surface area (Å²) in [6, 6.07) is 5.00. The second-order valence-electron chi connectivity index (χ2n) is 4.60. The van der Waals surface area contributed by atoms with Gasteiger partial charge in [-0.1, -0.05) is 25.4 Å². The number of benzene rings is 1. The molecule has 1 aromatic carbocycles. The van der Waals surface area contributed by atoms with Gasteiger partial charge in [-0.25, -0.2) is 0 Å². The molecule has 0 saturated heterocycles. The summed E-state index contributed by atoms with van der Waals surface area (Å²) in [4.78, 5) is 14.3. The van der Waals surface area contributed by atoms with Crippen LogP contribution in [-0.2, 0) is 0 Å². The van der Waals surface area contributed by atoms with E-state index in [-0.39, 0.29) is 11.9 Å². The molecular weight excluding hydrogens is 262 g/mol. The Morgan fingerprint density at radius 2 is 2.05 bits per heavy atom. The van der Waals surface area contributed by atoms with Gasteiger partial charge in [-0.15, -0.1) is 0 Å². The van der Waals surface area contributed by atoms with Gasteiger partial charge in [0.1, 0.15) is 0 Å². The highest BCUT2D eigenvalue weighted by molar-refractivity contribution is 6.33. The molecule has 1 aromatic rings. The first kappa shape index (κ1) is 15.8.